The molecule has 0 bridgehead atoms. The van der Waals surface area contributed by atoms with Gasteiger partial charge in [0.25, 0.3) is 0 Å². The Balaban J connectivity index is 1.49. The lowest BCUT2D eigenvalue weighted by Crippen LogP contribution is -2.39. The molecular weight excluding hydrogens is 360 g/mol. The van der Waals surface area contributed by atoms with Crippen molar-refractivity contribution in [2.75, 3.05) is 67.8 Å². The van der Waals surface area contributed by atoms with Gasteiger partial charge in [-0.25, -0.2) is 0 Å². The van der Waals surface area contributed by atoms with Gasteiger partial charge < -0.3 is 23.7 Å². The molecule has 4 heterocycles. The number of hydrogen-bond acceptors (Lipinski definition) is 9. The zero-order chi connectivity index (χ0) is 19.0. The molecule has 0 unspecified atom stereocenters. The highest BCUT2D eigenvalue weighted by atomic mass is 16.5. The van der Waals surface area contributed by atoms with Gasteiger partial charge in [0.2, 0.25) is 5.95 Å². The number of allylic oxidation sites excluding steroid dienone is 1. The molecule has 2 fully saturated rings. The van der Waals surface area contributed by atoms with Gasteiger partial charge >= 0.3 is 0 Å². The van der Waals surface area contributed by atoms with Crippen molar-refractivity contribution >= 4 is 29.9 Å². The lowest BCUT2D eigenvalue weighted by Gasteiger charge is -2.31. The van der Waals surface area contributed by atoms with E-state index >= 15 is 0 Å². The first-order valence-electron chi connectivity index (χ1n) is 9.42. The fourth-order valence-electron chi connectivity index (χ4n) is 3.01. The van der Waals surface area contributed by atoms with Crippen molar-refractivity contribution in [2.45, 2.75) is 0 Å². The Labute approximate surface area is 163 Å². The Morgan fingerprint density at radius 3 is 2.46 bits per heavy atom. The highest BCUT2D eigenvalue weighted by Crippen LogP contribution is 2.22. The maximum atomic E-state index is 5.45. The molecule has 2 saturated heterocycles. The molecule has 9 nitrogen and oxygen atoms in total. The molecule has 0 aliphatic carbocycles. The van der Waals surface area contributed by atoms with E-state index in [2.05, 4.69) is 25.3 Å². The third-order valence-corrected chi connectivity index (χ3v) is 4.47. The lowest BCUT2D eigenvalue weighted by atomic mass is 10.4. The minimum absolute atomic E-state index is 0.653. The maximum Gasteiger partial charge on any atom is 0.229 e. The summed E-state index contributed by atoms with van der Waals surface area (Å²) in [6.07, 6.45) is 6.94. The number of ether oxygens (including phenoxy) is 2. The van der Waals surface area contributed by atoms with Crippen LogP contribution in [-0.2, 0) is 9.47 Å². The SMILES string of the molecule is C(/C=C/c1ccco1)=N/Nc1cc(N2CCOCC2)nc(N2CCOCC2)n1. The number of nitrogens with one attached hydrogen (secondary N) is 1. The number of anilines is 3. The van der Waals surface area contributed by atoms with Gasteiger partial charge in [0.05, 0.1) is 32.7 Å². The van der Waals surface area contributed by atoms with Crippen molar-refractivity contribution in [2.24, 2.45) is 5.10 Å². The van der Waals surface area contributed by atoms with Crippen molar-refractivity contribution < 1.29 is 13.9 Å². The molecule has 28 heavy (non-hydrogen) atoms. The molecule has 2 aliphatic heterocycles. The third-order valence-electron chi connectivity index (χ3n) is 4.47. The van der Waals surface area contributed by atoms with Crippen molar-refractivity contribution in [3.05, 3.63) is 36.3 Å². The largest absolute Gasteiger partial charge is 0.465 e. The zero-order valence-electron chi connectivity index (χ0n) is 15.7. The van der Waals surface area contributed by atoms with E-state index in [1.165, 1.54) is 0 Å². The van der Waals surface area contributed by atoms with E-state index < -0.39 is 0 Å². The van der Waals surface area contributed by atoms with Gasteiger partial charge in [-0.2, -0.15) is 15.1 Å². The smallest absolute Gasteiger partial charge is 0.229 e. The maximum absolute atomic E-state index is 5.45. The van der Waals surface area contributed by atoms with Gasteiger partial charge in [0, 0.05) is 38.5 Å². The molecule has 0 radical (unpaired) electrons. The second-order valence-corrected chi connectivity index (χ2v) is 6.37. The van der Waals surface area contributed by atoms with Crippen LogP contribution in [0.4, 0.5) is 17.6 Å². The van der Waals surface area contributed by atoms with Crippen LogP contribution in [0.25, 0.3) is 6.08 Å². The van der Waals surface area contributed by atoms with E-state index in [4.69, 9.17) is 18.9 Å². The fourth-order valence-corrected chi connectivity index (χ4v) is 3.01. The lowest BCUT2D eigenvalue weighted by molar-refractivity contribution is 0.121. The van der Waals surface area contributed by atoms with Crippen LogP contribution in [0.2, 0.25) is 0 Å². The van der Waals surface area contributed by atoms with E-state index in [-0.39, 0.29) is 0 Å². The van der Waals surface area contributed by atoms with Gasteiger partial charge in [-0.1, -0.05) is 0 Å². The number of aromatic nitrogens is 2. The van der Waals surface area contributed by atoms with Crippen LogP contribution >= 0.6 is 0 Å². The quantitative estimate of drug-likeness (QED) is 0.596. The van der Waals surface area contributed by atoms with Crippen LogP contribution in [0, 0.1) is 0 Å². The van der Waals surface area contributed by atoms with Gasteiger partial charge in [-0.15, -0.1) is 0 Å². The van der Waals surface area contributed by atoms with E-state index in [9.17, 15) is 0 Å². The van der Waals surface area contributed by atoms with Gasteiger partial charge in [0.1, 0.15) is 11.6 Å². The monoisotopic (exact) mass is 384 g/mol. The highest BCUT2D eigenvalue weighted by Gasteiger charge is 2.19. The second-order valence-electron chi connectivity index (χ2n) is 6.37. The van der Waals surface area contributed by atoms with Crippen molar-refractivity contribution in [1.82, 2.24) is 9.97 Å². The summed E-state index contributed by atoms with van der Waals surface area (Å²) in [5, 5.41) is 4.23. The summed E-state index contributed by atoms with van der Waals surface area (Å²) in [5.74, 6) is 3.00. The van der Waals surface area contributed by atoms with E-state index in [0.29, 0.717) is 38.2 Å². The van der Waals surface area contributed by atoms with Crippen LogP contribution in [0.5, 0.6) is 0 Å². The fraction of sp³-hybridized carbons (Fsp3) is 0.421. The Hall–Kier alpha value is -2.91. The first kappa shape index (κ1) is 18.5. The number of rotatable bonds is 6. The van der Waals surface area contributed by atoms with Crippen LogP contribution in [0.1, 0.15) is 5.76 Å². The van der Waals surface area contributed by atoms with E-state index in [0.717, 1.165) is 37.8 Å². The molecule has 0 saturated carbocycles. The van der Waals surface area contributed by atoms with Crippen LogP contribution < -0.4 is 15.2 Å². The molecule has 148 valence electrons. The molecule has 2 aliphatic rings. The third kappa shape index (κ3) is 4.87. The summed E-state index contributed by atoms with van der Waals surface area (Å²) < 4.78 is 16.1. The minimum Gasteiger partial charge on any atom is -0.465 e. The molecule has 0 aromatic carbocycles. The molecule has 0 amide bonds. The summed E-state index contributed by atoms with van der Waals surface area (Å²) in [6, 6.07) is 5.64. The number of hydrogen-bond donors (Lipinski definition) is 1. The number of morpholine rings is 2. The number of hydrazone groups is 1. The van der Waals surface area contributed by atoms with Crippen LogP contribution in [-0.4, -0.2) is 68.8 Å². The van der Waals surface area contributed by atoms with E-state index in [1.807, 2.05) is 24.3 Å². The standard InChI is InChI=1S/C19H24N6O3/c1(3-16-4-2-10-28-16)5-20-23-17-15-18(24-6-11-26-12-7-24)22-19(21-17)25-8-13-27-14-9-25/h1-5,10,15H,6-9,11-14H2,(H,21,22,23)/b3-1+,20-5-. The molecule has 1 N–H and O–H groups in total. The predicted octanol–water partition coefficient (Wildman–Crippen LogP) is 1.85. The van der Waals surface area contributed by atoms with Gasteiger partial charge in [0.15, 0.2) is 5.82 Å². The molecule has 0 spiro atoms. The van der Waals surface area contributed by atoms with Gasteiger partial charge in [-0.3, -0.25) is 5.43 Å². The molecule has 4 rings (SSSR count). The Bertz CT molecular complexity index is 760. The number of nitrogens with zero attached hydrogens (tertiary/aromatic N) is 5. The topological polar surface area (TPSA) is 88.2 Å². The summed E-state index contributed by atoms with van der Waals surface area (Å²) >= 11 is 0. The van der Waals surface area contributed by atoms with Crippen molar-refractivity contribution in [3.8, 4) is 0 Å². The van der Waals surface area contributed by atoms with Crippen molar-refractivity contribution in [3.63, 3.8) is 0 Å². The Morgan fingerprint density at radius 2 is 1.75 bits per heavy atom. The summed E-state index contributed by atoms with van der Waals surface area (Å²) in [5.41, 5.74) is 3.00. The van der Waals surface area contributed by atoms with Crippen LogP contribution in [0.3, 0.4) is 0 Å². The molecule has 2 aromatic heterocycles. The Kier molecular flexibility index (Phi) is 6.15. The first-order valence-corrected chi connectivity index (χ1v) is 9.42. The van der Waals surface area contributed by atoms with Crippen LogP contribution in [0.15, 0.2) is 40.1 Å². The Morgan fingerprint density at radius 1 is 1.00 bits per heavy atom. The first-order chi connectivity index (χ1) is 13.9. The predicted molar refractivity (Wildman–Crippen MR) is 108 cm³/mol. The average molecular weight is 384 g/mol. The summed E-state index contributed by atoms with van der Waals surface area (Å²) in [4.78, 5) is 13.8. The molecular formula is C19H24N6O3. The number of furan rings is 1. The normalized spacial score (nSPS) is 18.3. The highest BCUT2D eigenvalue weighted by molar-refractivity contribution is 5.78. The summed E-state index contributed by atoms with van der Waals surface area (Å²) in [6.45, 7) is 5.96. The zero-order valence-corrected chi connectivity index (χ0v) is 15.7. The average Bonchev–Trinajstić information content (AvgIpc) is 3.28. The molecule has 0 atom stereocenters. The van der Waals surface area contributed by atoms with Crippen molar-refractivity contribution in [1.29, 1.82) is 0 Å². The van der Waals surface area contributed by atoms with Gasteiger partial charge in [-0.05, 0) is 24.3 Å². The van der Waals surface area contributed by atoms with E-state index in [1.54, 1.807) is 18.6 Å². The molecule has 9 heteroatoms. The minimum atomic E-state index is 0.653. The summed E-state index contributed by atoms with van der Waals surface area (Å²) in [7, 11) is 0. The molecule has 2 aromatic rings. The second kappa shape index (κ2) is 9.34.